The number of carbonyl (C=O) groups excluding carboxylic acids is 3. The Kier molecular flexibility index (Phi) is 13.4. The van der Waals surface area contributed by atoms with Gasteiger partial charge in [-0.25, -0.2) is 30.0 Å². The number of sulfonamides is 3. The Morgan fingerprint density at radius 3 is 1.38 bits per heavy atom. The molecule has 37 heavy (non-hydrogen) atoms. The molecule has 0 spiro atoms. The summed E-state index contributed by atoms with van der Waals surface area (Å²) in [5.74, 6) is -2.32. The molecule has 1 aromatic carbocycles. The van der Waals surface area contributed by atoms with Crippen LogP contribution < -0.4 is 14.2 Å². The lowest BCUT2D eigenvalue weighted by molar-refractivity contribution is -0.123. The summed E-state index contributed by atoms with van der Waals surface area (Å²) in [6, 6.07) is 7.80. The summed E-state index contributed by atoms with van der Waals surface area (Å²) in [7, 11) is -10.4. The first kappa shape index (κ1) is 34.5. The molecule has 15 heteroatoms. The number of benzene rings is 1. The summed E-state index contributed by atoms with van der Waals surface area (Å²) in [6.07, 6.45) is 2.31. The lowest BCUT2D eigenvalue weighted by Gasteiger charge is -2.08. The first-order valence-corrected chi connectivity index (χ1v) is 16.3. The van der Waals surface area contributed by atoms with Gasteiger partial charge in [-0.05, 0) is 25.0 Å². The summed E-state index contributed by atoms with van der Waals surface area (Å²) in [5, 5.41) is -0.319. The summed E-state index contributed by atoms with van der Waals surface area (Å²) < 4.78 is 72.3. The summed E-state index contributed by atoms with van der Waals surface area (Å²) in [5.41, 5.74) is 0. The smallest absolute Gasteiger partial charge is 0.264 e. The normalized spacial score (nSPS) is 13.6. The van der Waals surface area contributed by atoms with Crippen molar-refractivity contribution in [2.75, 3.05) is 6.26 Å². The second kappa shape index (κ2) is 14.4. The van der Waals surface area contributed by atoms with Gasteiger partial charge in [0.05, 0.1) is 16.4 Å². The predicted octanol–water partition coefficient (Wildman–Crippen LogP) is 1.12. The Morgan fingerprint density at radius 1 is 0.676 bits per heavy atom. The maximum atomic E-state index is 11.6. The maximum absolute atomic E-state index is 11.6. The fourth-order valence-corrected chi connectivity index (χ4v) is 5.10. The number of rotatable bonds is 8. The lowest BCUT2D eigenvalue weighted by Crippen LogP contribution is -2.35. The third kappa shape index (κ3) is 14.7. The maximum Gasteiger partial charge on any atom is 0.264 e. The van der Waals surface area contributed by atoms with E-state index in [1.165, 1.54) is 12.1 Å². The Morgan fingerprint density at radius 2 is 1.05 bits per heavy atom. The van der Waals surface area contributed by atoms with Gasteiger partial charge >= 0.3 is 0 Å². The Balaban J connectivity index is 0.000000538. The van der Waals surface area contributed by atoms with E-state index in [1.807, 2.05) is 9.44 Å². The van der Waals surface area contributed by atoms with E-state index < -0.39 is 47.8 Å². The van der Waals surface area contributed by atoms with Crippen LogP contribution in [-0.4, -0.2) is 54.5 Å². The molecular formula is C22H37N3O9S3. The van der Waals surface area contributed by atoms with Gasteiger partial charge in [-0.2, -0.15) is 0 Å². The summed E-state index contributed by atoms with van der Waals surface area (Å²) >= 11 is 0. The fourth-order valence-electron chi connectivity index (χ4n) is 1.93. The van der Waals surface area contributed by atoms with Crippen molar-refractivity contribution in [3.05, 3.63) is 30.3 Å². The molecule has 1 saturated carbocycles. The van der Waals surface area contributed by atoms with Gasteiger partial charge in [-0.3, -0.25) is 23.8 Å². The summed E-state index contributed by atoms with van der Waals surface area (Å²) in [4.78, 5) is 33.0. The van der Waals surface area contributed by atoms with E-state index in [-0.39, 0.29) is 27.9 Å². The number of nitrogens with one attached hydrogen (secondary N) is 3. The molecule has 1 fully saturated rings. The molecule has 1 aliphatic carbocycles. The highest BCUT2D eigenvalue weighted by atomic mass is 32.2. The van der Waals surface area contributed by atoms with Crippen molar-refractivity contribution < 1.29 is 39.6 Å². The van der Waals surface area contributed by atoms with Gasteiger partial charge in [-0.1, -0.05) is 59.7 Å². The van der Waals surface area contributed by atoms with Crippen molar-refractivity contribution >= 4 is 47.8 Å². The molecule has 1 aliphatic rings. The van der Waals surface area contributed by atoms with Gasteiger partial charge in [0.2, 0.25) is 37.8 Å². The van der Waals surface area contributed by atoms with Crippen molar-refractivity contribution in [2.24, 2.45) is 17.8 Å². The largest absolute Gasteiger partial charge is 0.274 e. The zero-order valence-electron chi connectivity index (χ0n) is 22.0. The van der Waals surface area contributed by atoms with Crippen molar-refractivity contribution in [3.8, 4) is 0 Å². The van der Waals surface area contributed by atoms with Crippen LogP contribution in [0, 0.1) is 17.8 Å². The highest BCUT2D eigenvalue weighted by Crippen LogP contribution is 2.27. The molecule has 1 aromatic rings. The van der Waals surface area contributed by atoms with Crippen LogP contribution in [0.3, 0.4) is 0 Å². The molecule has 0 unspecified atom stereocenters. The van der Waals surface area contributed by atoms with Crippen LogP contribution in [0.2, 0.25) is 0 Å². The van der Waals surface area contributed by atoms with Crippen LogP contribution in [0.15, 0.2) is 35.2 Å². The first-order chi connectivity index (χ1) is 16.7. The Labute approximate surface area is 220 Å². The molecule has 3 N–H and O–H groups in total. The topological polar surface area (TPSA) is 190 Å². The molecule has 0 saturated heterocycles. The molecule has 0 radical (unpaired) electrons. The zero-order chi connectivity index (χ0) is 29.2. The molecular weight excluding hydrogens is 546 g/mol. The van der Waals surface area contributed by atoms with E-state index in [0.29, 0.717) is 12.8 Å². The first-order valence-electron chi connectivity index (χ1n) is 11.4. The quantitative estimate of drug-likeness (QED) is 0.402. The minimum atomic E-state index is -3.70. The van der Waals surface area contributed by atoms with Crippen LogP contribution in [0.25, 0.3) is 0 Å². The number of hydrogen-bond donors (Lipinski definition) is 3. The van der Waals surface area contributed by atoms with Gasteiger partial charge in [0.15, 0.2) is 0 Å². The molecule has 0 atom stereocenters. The highest BCUT2D eigenvalue weighted by Gasteiger charge is 2.37. The van der Waals surface area contributed by atoms with E-state index in [1.54, 1.807) is 59.7 Å². The molecule has 212 valence electrons. The second-order valence-electron chi connectivity index (χ2n) is 9.20. The van der Waals surface area contributed by atoms with Gasteiger partial charge in [0, 0.05) is 17.8 Å². The molecule has 3 amide bonds. The van der Waals surface area contributed by atoms with Crippen molar-refractivity contribution in [3.63, 3.8) is 0 Å². The average Bonchev–Trinajstić information content (AvgIpc) is 3.59. The molecule has 0 bridgehead atoms. The highest BCUT2D eigenvalue weighted by molar-refractivity contribution is 7.91. The third-order valence-corrected chi connectivity index (χ3v) is 8.12. The Hall–Kier alpha value is -2.52. The van der Waals surface area contributed by atoms with Crippen LogP contribution >= 0.6 is 0 Å². The summed E-state index contributed by atoms with van der Waals surface area (Å²) in [6.45, 7) is 9.85. The number of carbonyl (C=O) groups is 3. The molecule has 12 nitrogen and oxygen atoms in total. The van der Waals surface area contributed by atoms with E-state index in [9.17, 15) is 39.6 Å². The predicted molar refractivity (Wildman–Crippen MR) is 139 cm³/mol. The van der Waals surface area contributed by atoms with E-state index in [4.69, 9.17) is 0 Å². The van der Waals surface area contributed by atoms with E-state index in [0.717, 1.165) is 6.26 Å². The zero-order valence-corrected chi connectivity index (χ0v) is 24.5. The van der Waals surface area contributed by atoms with Crippen molar-refractivity contribution in [2.45, 2.75) is 64.5 Å². The van der Waals surface area contributed by atoms with E-state index in [2.05, 4.69) is 4.72 Å². The van der Waals surface area contributed by atoms with Gasteiger partial charge in [0.25, 0.3) is 10.0 Å². The average molecular weight is 584 g/mol. The van der Waals surface area contributed by atoms with Crippen molar-refractivity contribution in [1.82, 2.24) is 14.2 Å². The Bertz CT molecular complexity index is 1240. The molecule has 0 heterocycles. The molecule has 0 aromatic heterocycles. The number of amides is 3. The van der Waals surface area contributed by atoms with Crippen LogP contribution in [0.4, 0.5) is 0 Å². The molecule has 2 rings (SSSR count). The fraction of sp³-hybridized carbons (Fsp3) is 0.591. The van der Waals surface area contributed by atoms with Gasteiger partial charge in [-0.15, -0.1) is 0 Å². The standard InChI is InChI=1S/C10H13NO3S.C7H13NO3S.C5H11NO3S/c1-8(2)10(12)11-15(13,14)9-6-4-3-5-7-9;1-5(2)7(9)8-12(10,11)6-3-4-6;1-4(2)5(7)6-10(3,8)9/h3-8H,1-2H3,(H,11,12);5-6H,3-4H2,1-2H3,(H,8,9);4H,1-3H3,(H,6,7). The van der Waals surface area contributed by atoms with Gasteiger partial charge < -0.3 is 0 Å². The van der Waals surface area contributed by atoms with Crippen LogP contribution in [-0.2, 0) is 44.5 Å². The van der Waals surface area contributed by atoms with Crippen LogP contribution in [0.5, 0.6) is 0 Å². The third-order valence-electron chi connectivity index (χ3n) is 4.35. The van der Waals surface area contributed by atoms with E-state index >= 15 is 0 Å². The minimum Gasteiger partial charge on any atom is -0.274 e. The minimum absolute atomic E-state index is 0.0963. The van der Waals surface area contributed by atoms with Gasteiger partial charge in [0.1, 0.15) is 0 Å². The number of hydrogen-bond acceptors (Lipinski definition) is 9. The second-order valence-corrected chi connectivity index (χ2v) is 14.6. The van der Waals surface area contributed by atoms with Crippen molar-refractivity contribution in [1.29, 1.82) is 0 Å². The lowest BCUT2D eigenvalue weighted by atomic mass is 10.2. The molecule has 0 aliphatic heterocycles. The monoisotopic (exact) mass is 583 g/mol. The van der Waals surface area contributed by atoms with Crippen LogP contribution in [0.1, 0.15) is 54.4 Å². The SMILES string of the molecule is CC(C)C(=O)NS(=O)(=O)C1CC1.CC(C)C(=O)NS(=O)(=O)c1ccccc1.CC(C)C(=O)NS(C)(=O)=O.